The summed E-state index contributed by atoms with van der Waals surface area (Å²) in [7, 11) is 1.56. The molecule has 0 aliphatic heterocycles. The summed E-state index contributed by atoms with van der Waals surface area (Å²) in [4.78, 5) is 24.5. The van der Waals surface area contributed by atoms with Gasteiger partial charge in [0.2, 0.25) is 0 Å². The number of benzene rings is 4. The van der Waals surface area contributed by atoms with Crippen molar-refractivity contribution in [3.8, 4) is 11.5 Å². The molecule has 4 rings (SSSR count). The summed E-state index contributed by atoms with van der Waals surface area (Å²) in [6.07, 6.45) is -0.507. The number of rotatable bonds is 8. The zero-order valence-corrected chi connectivity index (χ0v) is 19.0. The molecule has 35 heavy (non-hydrogen) atoms. The maximum atomic E-state index is 12.4. The molecule has 0 fully saturated rings. The highest BCUT2D eigenvalue weighted by Gasteiger charge is 2.20. The highest BCUT2D eigenvalue weighted by Crippen LogP contribution is 2.32. The van der Waals surface area contributed by atoms with Crippen molar-refractivity contribution in [2.75, 3.05) is 17.7 Å². The number of hydrogen-bond donors (Lipinski definition) is 3. The lowest BCUT2D eigenvalue weighted by Gasteiger charge is -2.21. The van der Waals surface area contributed by atoms with Crippen LogP contribution in [0, 0.1) is 0 Å². The lowest BCUT2D eigenvalue weighted by atomic mass is 10.0. The number of methoxy groups -OCH3 is 1. The molecule has 0 saturated carbocycles. The van der Waals surface area contributed by atoms with Gasteiger partial charge in [0.25, 0.3) is 0 Å². The Morgan fingerprint density at radius 2 is 1.29 bits per heavy atom. The second-order valence-corrected chi connectivity index (χ2v) is 7.64. The molecule has 4 aromatic carbocycles. The van der Waals surface area contributed by atoms with Crippen LogP contribution in [0.15, 0.2) is 103 Å². The predicted octanol–water partition coefficient (Wildman–Crippen LogP) is 6.21. The van der Waals surface area contributed by atoms with Crippen LogP contribution in [-0.2, 0) is 0 Å². The van der Waals surface area contributed by atoms with Crippen molar-refractivity contribution in [1.82, 2.24) is 0 Å². The number of carboxylic acids is 1. The Morgan fingerprint density at radius 3 is 1.83 bits per heavy atom. The van der Waals surface area contributed by atoms with Gasteiger partial charge in [-0.05, 0) is 53.6 Å². The van der Waals surface area contributed by atoms with E-state index >= 15 is 0 Å². The summed E-state index contributed by atoms with van der Waals surface area (Å²) in [6.45, 7) is 0. The first kappa shape index (κ1) is 23.4. The number of anilines is 2. The van der Waals surface area contributed by atoms with Crippen molar-refractivity contribution in [1.29, 1.82) is 0 Å². The van der Waals surface area contributed by atoms with Gasteiger partial charge in [0.15, 0.2) is 0 Å². The number of carboxylic acid groups (broad SMARTS) is 1. The Labute approximate surface area is 203 Å². The quantitative estimate of drug-likeness (QED) is 0.286. The molecule has 4 aromatic rings. The van der Waals surface area contributed by atoms with Gasteiger partial charge >= 0.3 is 12.0 Å². The minimum atomic E-state index is -1.17. The van der Waals surface area contributed by atoms with Crippen LogP contribution < -0.4 is 20.1 Å². The Morgan fingerprint density at radius 1 is 0.743 bits per heavy atom. The highest BCUT2D eigenvalue weighted by molar-refractivity contribution is 6.01. The van der Waals surface area contributed by atoms with E-state index in [0.29, 0.717) is 17.1 Å². The first-order valence-electron chi connectivity index (χ1n) is 10.9. The minimum Gasteiger partial charge on any atom is -0.497 e. The molecular formula is C28H24N2O5. The van der Waals surface area contributed by atoms with Crippen LogP contribution in [0.5, 0.6) is 11.5 Å². The molecular weight excluding hydrogens is 444 g/mol. The largest absolute Gasteiger partial charge is 0.497 e. The van der Waals surface area contributed by atoms with Crippen molar-refractivity contribution in [3.05, 3.63) is 120 Å². The van der Waals surface area contributed by atoms with Gasteiger partial charge in [-0.25, -0.2) is 9.59 Å². The standard InChI is InChI=1S/C28H24N2O5/c1-34-23-15-12-21(13-16-23)29-28(33)30-22-14-17-25(24(18-22)27(31)32)35-26(19-8-4-2-5-9-19)20-10-6-3-7-11-20/h2-18,26H,1H3,(H,31,32)(H2,29,30,33). The Hall–Kier alpha value is -4.78. The molecule has 0 aromatic heterocycles. The zero-order valence-electron chi connectivity index (χ0n) is 19.0. The summed E-state index contributed by atoms with van der Waals surface area (Å²) in [5, 5.41) is 15.2. The molecule has 0 saturated heterocycles. The van der Waals surface area contributed by atoms with Gasteiger partial charge in [-0.15, -0.1) is 0 Å². The Balaban J connectivity index is 1.55. The summed E-state index contributed by atoms with van der Waals surface area (Å²) < 4.78 is 11.3. The topological polar surface area (TPSA) is 96.9 Å². The molecule has 2 amide bonds. The van der Waals surface area contributed by atoms with Crippen LogP contribution in [0.25, 0.3) is 0 Å². The summed E-state index contributed by atoms with van der Waals surface area (Å²) in [5.41, 5.74) is 2.59. The average Bonchev–Trinajstić information content (AvgIpc) is 2.89. The fraction of sp³-hybridized carbons (Fsp3) is 0.0714. The van der Waals surface area contributed by atoms with E-state index in [4.69, 9.17) is 9.47 Å². The molecule has 0 spiro atoms. The van der Waals surface area contributed by atoms with E-state index in [1.54, 1.807) is 43.5 Å². The smallest absolute Gasteiger partial charge is 0.339 e. The Bertz CT molecular complexity index is 1250. The molecule has 0 radical (unpaired) electrons. The molecule has 7 heteroatoms. The molecule has 176 valence electrons. The van der Waals surface area contributed by atoms with E-state index < -0.39 is 18.1 Å². The summed E-state index contributed by atoms with van der Waals surface area (Å²) >= 11 is 0. The van der Waals surface area contributed by atoms with Crippen LogP contribution in [-0.4, -0.2) is 24.2 Å². The third-order valence-corrected chi connectivity index (χ3v) is 5.27. The van der Waals surface area contributed by atoms with Gasteiger partial charge in [0.1, 0.15) is 23.2 Å². The maximum Gasteiger partial charge on any atom is 0.339 e. The lowest BCUT2D eigenvalue weighted by molar-refractivity contribution is 0.0690. The van der Waals surface area contributed by atoms with E-state index in [1.807, 2.05) is 60.7 Å². The third kappa shape index (κ3) is 5.97. The first-order valence-corrected chi connectivity index (χ1v) is 10.9. The molecule has 0 atom stereocenters. The van der Waals surface area contributed by atoms with Gasteiger partial charge in [-0.3, -0.25) is 0 Å². The molecule has 3 N–H and O–H groups in total. The zero-order chi connectivity index (χ0) is 24.6. The van der Waals surface area contributed by atoms with Crippen LogP contribution in [0.3, 0.4) is 0 Å². The van der Waals surface area contributed by atoms with E-state index in [1.165, 1.54) is 6.07 Å². The van der Waals surface area contributed by atoms with E-state index in [0.717, 1.165) is 11.1 Å². The molecule has 0 aliphatic rings. The number of ether oxygens (including phenoxy) is 2. The van der Waals surface area contributed by atoms with Crippen LogP contribution in [0.2, 0.25) is 0 Å². The van der Waals surface area contributed by atoms with Crippen molar-refractivity contribution in [2.45, 2.75) is 6.10 Å². The van der Waals surface area contributed by atoms with E-state index in [9.17, 15) is 14.7 Å². The molecule has 0 unspecified atom stereocenters. The van der Waals surface area contributed by atoms with Crippen LogP contribution in [0.4, 0.5) is 16.2 Å². The fourth-order valence-corrected chi connectivity index (χ4v) is 3.56. The molecule has 7 nitrogen and oxygen atoms in total. The number of hydrogen-bond acceptors (Lipinski definition) is 4. The number of carbonyl (C=O) groups excluding carboxylic acids is 1. The average molecular weight is 469 g/mol. The van der Waals surface area contributed by atoms with E-state index in [-0.39, 0.29) is 11.3 Å². The molecule has 0 bridgehead atoms. The predicted molar refractivity (Wildman–Crippen MR) is 134 cm³/mol. The van der Waals surface area contributed by atoms with Crippen LogP contribution >= 0.6 is 0 Å². The van der Waals surface area contributed by atoms with Crippen molar-refractivity contribution >= 4 is 23.4 Å². The lowest BCUT2D eigenvalue weighted by Crippen LogP contribution is -2.20. The maximum absolute atomic E-state index is 12.4. The monoisotopic (exact) mass is 468 g/mol. The molecule has 0 heterocycles. The number of aromatic carboxylic acids is 1. The first-order chi connectivity index (χ1) is 17.0. The van der Waals surface area contributed by atoms with Gasteiger partial charge in [0, 0.05) is 11.4 Å². The fourth-order valence-electron chi connectivity index (χ4n) is 3.56. The minimum absolute atomic E-state index is 0.0656. The number of nitrogens with one attached hydrogen (secondary N) is 2. The SMILES string of the molecule is COc1ccc(NC(=O)Nc2ccc(OC(c3ccccc3)c3ccccc3)c(C(=O)O)c2)cc1. The van der Waals surface area contributed by atoms with Crippen molar-refractivity contribution in [3.63, 3.8) is 0 Å². The van der Waals surface area contributed by atoms with Gasteiger partial charge in [-0.1, -0.05) is 60.7 Å². The number of carbonyl (C=O) groups is 2. The second-order valence-electron chi connectivity index (χ2n) is 7.64. The Kier molecular flexibility index (Phi) is 7.28. The van der Waals surface area contributed by atoms with Crippen LogP contribution in [0.1, 0.15) is 27.6 Å². The number of amides is 2. The normalized spacial score (nSPS) is 10.5. The van der Waals surface area contributed by atoms with Gasteiger partial charge < -0.3 is 25.2 Å². The van der Waals surface area contributed by atoms with Gasteiger partial charge in [0.05, 0.1) is 7.11 Å². The highest BCUT2D eigenvalue weighted by atomic mass is 16.5. The van der Waals surface area contributed by atoms with Crippen molar-refractivity contribution < 1.29 is 24.2 Å². The third-order valence-electron chi connectivity index (χ3n) is 5.27. The number of urea groups is 1. The molecule has 0 aliphatic carbocycles. The summed E-state index contributed by atoms with van der Waals surface area (Å²) in [6, 6.07) is 30.0. The second kappa shape index (κ2) is 10.9. The summed E-state index contributed by atoms with van der Waals surface area (Å²) in [5.74, 6) is -0.308. The van der Waals surface area contributed by atoms with Gasteiger partial charge in [-0.2, -0.15) is 0 Å². The van der Waals surface area contributed by atoms with Crippen molar-refractivity contribution in [2.24, 2.45) is 0 Å². The van der Waals surface area contributed by atoms with E-state index in [2.05, 4.69) is 10.6 Å².